The van der Waals surface area contributed by atoms with Crippen LogP contribution in [-0.2, 0) is 0 Å². The molecule has 0 fully saturated rings. The summed E-state index contributed by atoms with van der Waals surface area (Å²) >= 11 is 0. The largest absolute Gasteiger partial charge is 0.422 e. The lowest BCUT2D eigenvalue weighted by molar-refractivity contribution is 0.545. The Morgan fingerprint density at radius 2 is 0.889 bits per heavy atom. The van der Waals surface area contributed by atoms with E-state index in [1.165, 1.54) is 21.6 Å². The number of hydrogen-bond donors (Lipinski definition) is 0. The molecule has 0 amide bonds. The van der Waals surface area contributed by atoms with E-state index in [9.17, 15) is 9.59 Å². The van der Waals surface area contributed by atoms with E-state index in [4.69, 9.17) is 8.83 Å². The van der Waals surface area contributed by atoms with Gasteiger partial charge in [0.2, 0.25) is 0 Å². The van der Waals surface area contributed by atoms with Crippen molar-refractivity contribution in [3.05, 3.63) is 130 Å². The molecule has 0 bridgehead atoms. The van der Waals surface area contributed by atoms with Crippen molar-refractivity contribution in [1.29, 1.82) is 0 Å². The second-order valence-electron chi connectivity index (χ2n) is 8.13. The highest BCUT2D eigenvalue weighted by Crippen LogP contribution is 2.42. The van der Waals surface area contributed by atoms with Crippen LogP contribution in [0.3, 0.4) is 0 Å². The van der Waals surface area contributed by atoms with Gasteiger partial charge in [0.25, 0.3) is 0 Å². The van der Waals surface area contributed by atoms with Crippen molar-refractivity contribution in [1.82, 2.24) is 0 Å². The maximum Gasteiger partial charge on any atom is 0.344 e. The average Bonchev–Trinajstić information content (AvgIpc) is 3.18. The molecule has 2 heterocycles. The second kappa shape index (κ2) is 9.57. The number of rotatable bonds is 5. The highest BCUT2D eigenvalue weighted by atomic mass is 33.1. The molecule has 0 saturated carbocycles. The van der Waals surface area contributed by atoms with Crippen molar-refractivity contribution >= 4 is 21.6 Å². The third-order valence-electron chi connectivity index (χ3n) is 5.84. The van der Waals surface area contributed by atoms with Gasteiger partial charge < -0.3 is 8.83 Å². The van der Waals surface area contributed by atoms with E-state index in [2.05, 4.69) is 0 Å². The summed E-state index contributed by atoms with van der Waals surface area (Å²) < 4.78 is 11.2. The molecule has 0 saturated heterocycles. The Bertz CT molecular complexity index is 1590. The van der Waals surface area contributed by atoms with Crippen LogP contribution in [0.2, 0.25) is 0 Å². The Kier molecular flexibility index (Phi) is 5.97. The van der Waals surface area contributed by atoms with Crippen LogP contribution in [0.1, 0.15) is 0 Å². The van der Waals surface area contributed by atoms with Crippen LogP contribution in [0, 0.1) is 0 Å². The van der Waals surface area contributed by atoms with Gasteiger partial charge in [0.05, 0.1) is 11.1 Å². The third kappa shape index (κ3) is 4.26. The molecule has 6 heteroatoms. The smallest absolute Gasteiger partial charge is 0.344 e. The van der Waals surface area contributed by atoms with Crippen LogP contribution in [0.5, 0.6) is 0 Å². The molecule has 4 aliphatic rings. The first-order valence-corrected chi connectivity index (χ1v) is 13.4. The monoisotopic (exact) mass is 506 g/mol. The van der Waals surface area contributed by atoms with Gasteiger partial charge in [0, 0.05) is 20.9 Å². The zero-order chi connectivity index (χ0) is 24.5. The van der Waals surface area contributed by atoms with Crippen LogP contribution in [0.4, 0.5) is 0 Å². The first-order valence-electron chi connectivity index (χ1n) is 11.3. The maximum atomic E-state index is 12.6. The van der Waals surface area contributed by atoms with Gasteiger partial charge in [0.1, 0.15) is 11.5 Å². The summed E-state index contributed by atoms with van der Waals surface area (Å²) in [4.78, 5) is 27.1. The molecule has 2 aliphatic carbocycles. The Balaban J connectivity index is 1.28. The predicted molar refractivity (Wildman–Crippen MR) is 146 cm³/mol. The minimum Gasteiger partial charge on any atom is -0.422 e. The Morgan fingerprint density at radius 1 is 0.472 bits per heavy atom. The van der Waals surface area contributed by atoms with Crippen molar-refractivity contribution in [2.24, 2.45) is 0 Å². The van der Waals surface area contributed by atoms with Crippen LogP contribution < -0.4 is 11.3 Å². The predicted octanol–water partition coefficient (Wildman–Crippen LogP) is 7.94. The van der Waals surface area contributed by atoms with Crippen LogP contribution in [-0.4, -0.2) is 0 Å². The van der Waals surface area contributed by atoms with E-state index < -0.39 is 0 Å². The molecule has 0 aromatic heterocycles. The lowest BCUT2D eigenvalue weighted by Gasteiger charge is -1.99. The van der Waals surface area contributed by atoms with Gasteiger partial charge in [-0.15, -0.1) is 0 Å². The summed E-state index contributed by atoms with van der Waals surface area (Å²) in [7, 11) is 3.08. The van der Waals surface area contributed by atoms with Crippen molar-refractivity contribution in [3.63, 3.8) is 0 Å². The molecule has 6 rings (SSSR count). The lowest BCUT2D eigenvalue weighted by Crippen LogP contribution is -1.95. The van der Waals surface area contributed by atoms with Crippen molar-refractivity contribution < 1.29 is 8.83 Å². The van der Waals surface area contributed by atoms with E-state index in [-0.39, 0.29) is 11.3 Å². The van der Waals surface area contributed by atoms with Crippen molar-refractivity contribution in [3.8, 4) is 44.9 Å². The van der Waals surface area contributed by atoms with Gasteiger partial charge in [-0.25, -0.2) is 9.59 Å². The van der Waals surface area contributed by atoms with E-state index in [0.29, 0.717) is 22.6 Å². The zero-order valence-corrected chi connectivity index (χ0v) is 20.5. The molecule has 2 aliphatic heterocycles. The highest BCUT2D eigenvalue weighted by Gasteiger charge is 2.20. The summed E-state index contributed by atoms with van der Waals surface area (Å²) in [5.41, 5.74) is 3.69. The van der Waals surface area contributed by atoms with Gasteiger partial charge in [-0.2, -0.15) is 0 Å². The Labute approximate surface area is 214 Å². The maximum absolute atomic E-state index is 12.6. The van der Waals surface area contributed by atoms with Crippen molar-refractivity contribution in [2.75, 3.05) is 0 Å². The summed E-state index contributed by atoms with van der Waals surface area (Å²) in [5, 5.41) is 0. The summed E-state index contributed by atoms with van der Waals surface area (Å²) in [6, 6.07) is 34.5. The fourth-order valence-electron chi connectivity index (χ4n) is 4.21. The summed E-state index contributed by atoms with van der Waals surface area (Å²) in [6.07, 6.45) is 0. The SMILES string of the molecule is O=c1oc2cc(SSc3cccc4c(-c5ccccc5)c(=O)oc-4c3)cccc-2c1-c1ccccc1. The third-order valence-corrected chi connectivity index (χ3v) is 8.22. The van der Waals surface area contributed by atoms with Gasteiger partial charge >= 0.3 is 11.3 Å². The fourth-order valence-corrected chi connectivity index (χ4v) is 6.18. The van der Waals surface area contributed by atoms with Gasteiger partial charge in [-0.1, -0.05) is 107 Å². The first kappa shape index (κ1) is 22.5. The van der Waals surface area contributed by atoms with Crippen LogP contribution >= 0.6 is 21.6 Å². The second-order valence-corrected chi connectivity index (χ2v) is 10.4. The topological polar surface area (TPSA) is 60.4 Å². The standard InChI is InChI=1S/C30H18O4S2/c31-29-27(19-9-3-1-4-10-19)23-15-7-13-21(17-25(23)33-29)35-36-22-14-8-16-24-26(18-22)34-30(32)28(24)20-11-5-2-6-12-20/h1-18H. The molecule has 0 atom stereocenters. The Morgan fingerprint density at radius 3 is 1.31 bits per heavy atom. The van der Waals surface area contributed by atoms with E-state index in [1.54, 1.807) is 0 Å². The van der Waals surface area contributed by atoms with E-state index >= 15 is 0 Å². The lowest BCUT2D eigenvalue weighted by atomic mass is 10.0. The van der Waals surface area contributed by atoms with Gasteiger partial charge in [0.15, 0.2) is 0 Å². The molecule has 4 nitrogen and oxygen atoms in total. The summed E-state index contributed by atoms with van der Waals surface area (Å²) in [5.74, 6) is 1.09. The molecular formula is C30H18O4S2. The van der Waals surface area contributed by atoms with E-state index in [0.717, 1.165) is 32.0 Å². The number of fused-ring (bicyclic) bond motifs is 2. The zero-order valence-electron chi connectivity index (χ0n) is 18.8. The molecule has 0 spiro atoms. The molecule has 2 aromatic carbocycles. The quantitative estimate of drug-likeness (QED) is 0.221. The normalized spacial score (nSPS) is 11.2. The minimum atomic E-state index is -0.344. The van der Waals surface area contributed by atoms with Gasteiger partial charge in [-0.3, -0.25) is 0 Å². The molecular weight excluding hydrogens is 488 g/mol. The average molecular weight is 507 g/mol. The minimum absolute atomic E-state index is 0.344. The Hall–Kier alpha value is -4.00. The summed E-state index contributed by atoms with van der Waals surface area (Å²) in [6.45, 7) is 0. The fraction of sp³-hybridized carbons (Fsp3) is 0. The number of benzene rings is 2. The van der Waals surface area contributed by atoms with Gasteiger partial charge in [-0.05, 0) is 35.4 Å². The number of furan rings is 2. The number of hydrogen-bond acceptors (Lipinski definition) is 6. The molecule has 2 aromatic rings. The van der Waals surface area contributed by atoms with Crippen LogP contribution in [0.15, 0.2) is 137 Å². The first-order chi connectivity index (χ1) is 17.7. The van der Waals surface area contributed by atoms with Crippen LogP contribution in [0.25, 0.3) is 44.9 Å². The molecule has 0 radical (unpaired) electrons. The molecule has 0 N–H and O–H groups in total. The molecule has 0 unspecified atom stereocenters. The van der Waals surface area contributed by atoms with E-state index in [1.807, 2.05) is 109 Å². The highest BCUT2D eigenvalue weighted by molar-refractivity contribution is 8.76. The molecule has 174 valence electrons. The van der Waals surface area contributed by atoms with Crippen molar-refractivity contribution in [2.45, 2.75) is 9.79 Å². The molecule has 36 heavy (non-hydrogen) atoms.